The van der Waals surface area contributed by atoms with Crippen LogP contribution in [0.5, 0.6) is 11.5 Å². The van der Waals surface area contributed by atoms with Gasteiger partial charge >= 0.3 is 0 Å². The Balaban J connectivity index is 2.22. The molecular weight excluding hydrogens is 230 g/mol. The molecule has 1 N–H and O–H groups in total. The van der Waals surface area contributed by atoms with Crippen molar-refractivity contribution in [3.63, 3.8) is 0 Å². The molecular formula is C14H19NO3. The minimum absolute atomic E-state index is 0.0615. The van der Waals surface area contributed by atoms with Crippen LogP contribution in [0.25, 0.3) is 0 Å². The topological polar surface area (TPSA) is 47.6 Å². The molecule has 0 fully saturated rings. The van der Waals surface area contributed by atoms with Gasteiger partial charge in [0.05, 0.1) is 0 Å². The molecule has 1 amide bonds. The molecule has 1 atom stereocenters. The zero-order valence-corrected chi connectivity index (χ0v) is 11.0. The van der Waals surface area contributed by atoms with E-state index in [1.54, 1.807) is 7.05 Å². The smallest absolute Gasteiger partial charge is 0.231 e. The van der Waals surface area contributed by atoms with Crippen LogP contribution in [0, 0.1) is 5.92 Å². The molecule has 0 aliphatic carbocycles. The number of carbonyl (C=O) groups is 1. The normalized spacial score (nSPS) is 14.7. The number of hydrogen-bond donors (Lipinski definition) is 1. The number of rotatable bonds is 4. The molecule has 0 spiro atoms. The number of amides is 1. The van der Waals surface area contributed by atoms with Crippen molar-refractivity contribution in [3.8, 4) is 11.5 Å². The summed E-state index contributed by atoms with van der Waals surface area (Å²) in [7, 11) is 1.67. The van der Waals surface area contributed by atoms with E-state index in [0.29, 0.717) is 12.3 Å². The number of nitrogens with one attached hydrogen (secondary N) is 1. The first-order valence-corrected chi connectivity index (χ1v) is 6.22. The summed E-state index contributed by atoms with van der Waals surface area (Å²) >= 11 is 0. The van der Waals surface area contributed by atoms with Gasteiger partial charge in [-0.3, -0.25) is 4.79 Å². The Morgan fingerprint density at radius 2 is 2.06 bits per heavy atom. The Morgan fingerprint density at radius 1 is 1.33 bits per heavy atom. The number of carbonyl (C=O) groups excluding carboxylic acids is 1. The first-order chi connectivity index (χ1) is 8.61. The van der Waals surface area contributed by atoms with E-state index in [0.717, 1.165) is 17.1 Å². The van der Waals surface area contributed by atoms with Crippen LogP contribution in [0.15, 0.2) is 18.2 Å². The van der Waals surface area contributed by atoms with Crippen LogP contribution in [0.2, 0.25) is 0 Å². The monoisotopic (exact) mass is 249 g/mol. The highest BCUT2D eigenvalue weighted by Crippen LogP contribution is 2.37. The molecule has 0 bridgehead atoms. The highest BCUT2D eigenvalue weighted by atomic mass is 16.7. The van der Waals surface area contributed by atoms with E-state index in [2.05, 4.69) is 19.2 Å². The predicted octanol–water partition coefficient (Wildman–Crippen LogP) is 2.29. The van der Waals surface area contributed by atoms with E-state index in [1.165, 1.54) is 0 Å². The van der Waals surface area contributed by atoms with Crippen LogP contribution in [0.3, 0.4) is 0 Å². The van der Waals surface area contributed by atoms with Crippen molar-refractivity contribution in [1.29, 1.82) is 0 Å². The summed E-state index contributed by atoms with van der Waals surface area (Å²) in [6.45, 7) is 4.52. The van der Waals surface area contributed by atoms with Crippen LogP contribution in [-0.2, 0) is 4.79 Å². The van der Waals surface area contributed by atoms with Crippen molar-refractivity contribution >= 4 is 5.91 Å². The van der Waals surface area contributed by atoms with Crippen molar-refractivity contribution in [2.75, 3.05) is 13.8 Å². The lowest BCUT2D eigenvalue weighted by Crippen LogP contribution is -2.22. The van der Waals surface area contributed by atoms with Crippen molar-refractivity contribution in [2.24, 2.45) is 5.92 Å². The van der Waals surface area contributed by atoms with E-state index in [1.807, 2.05) is 18.2 Å². The van der Waals surface area contributed by atoms with Crippen molar-refractivity contribution in [2.45, 2.75) is 26.2 Å². The minimum atomic E-state index is 0.0615. The molecule has 4 heteroatoms. The molecule has 1 heterocycles. The quantitative estimate of drug-likeness (QED) is 0.890. The molecule has 98 valence electrons. The fraction of sp³-hybridized carbons (Fsp3) is 0.500. The first kappa shape index (κ1) is 12.7. The van der Waals surface area contributed by atoms with Gasteiger partial charge < -0.3 is 14.8 Å². The third-order valence-electron chi connectivity index (χ3n) is 3.31. The maximum absolute atomic E-state index is 11.6. The number of fused-ring (bicyclic) bond motifs is 1. The highest BCUT2D eigenvalue weighted by molar-refractivity contribution is 5.76. The molecule has 18 heavy (non-hydrogen) atoms. The van der Waals surface area contributed by atoms with Gasteiger partial charge in [0.2, 0.25) is 12.7 Å². The predicted molar refractivity (Wildman–Crippen MR) is 68.8 cm³/mol. The molecule has 2 rings (SSSR count). The summed E-state index contributed by atoms with van der Waals surface area (Å²) in [5, 5.41) is 2.68. The molecule has 1 unspecified atom stereocenters. The zero-order chi connectivity index (χ0) is 13.1. The number of ether oxygens (including phenoxy) is 2. The molecule has 1 aliphatic heterocycles. The second-order valence-electron chi connectivity index (χ2n) is 4.84. The molecule has 0 radical (unpaired) electrons. The van der Waals surface area contributed by atoms with Crippen LogP contribution in [0.4, 0.5) is 0 Å². The van der Waals surface area contributed by atoms with E-state index in [4.69, 9.17) is 9.47 Å². The Morgan fingerprint density at radius 3 is 2.72 bits per heavy atom. The van der Waals surface area contributed by atoms with Gasteiger partial charge in [0.25, 0.3) is 0 Å². The Bertz CT molecular complexity index is 443. The van der Waals surface area contributed by atoms with E-state index >= 15 is 0 Å². The van der Waals surface area contributed by atoms with Crippen molar-refractivity contribution < 1.29 is 14.3 Å². The average molecular weight is 249 g/mol. The van der Waals surface area contributed by atoms with Gasteiger partial charge in [-0.2, -0.15) is 0 Å². The SMILES string of the molecule is CNC(=O)CC(c1ccc2c(c1)OCO2)C(C)C. The van der Waals surface area contributed by atoms with Gasteiger partial charge in [0.1, 0.15) is 0 Å². The average Bonchev–Trinajstić information content (AvgIpc) is 2.82. The molecule has 1 aromatic rings. The van der Waals surface area contributed by atoms with Gasteiger partial charge in [0.15, 0.2) is 11.5 Å². The van der Waals surface area contributed by atoms with Gasteiger partial charge in [-0.15, -0.1) is 0 Å². The molecule has 0 aromatic heterocycles. The molecule has 1 aromatic carbocycles. The van der Waals surface area contributed by atoms with Crippen molar-refractivity contribution in [1.82, 2.24) is 5.32 Å². The van der Waals surface area contributed by atoms with Crippen LogP contribution in [-0.4, -0.2) is 19.7 Å². The third kappa shape index (κ3) is 2.58. The summed E-state index contributed by atoms with van der Waals surface area (Å²) in [5.41, 5.74) is 1.12. The van der Waals surface area contributed by atoms with E-state index < -0.39 is 0 Å². The van der Waals surface area contributed by atoms with Gasteiger partial charge in [0, 0.05) is 13.5 Å². The van der Waals surface area contributed by atoms with Crippen molar-refractivity contribution in [3.05, 3.63) is 23.8 Å². The Labute approximate surface area is 107 Å². The summed E-state index contributed by atoms with van der Waals surface area (Å²) in [6.07, 6.45) is 0.494. The second-order valence-corrected chi connectivity index (χ2v) is 4.84. The Kier molecular flexibility index (Phi) is 3.75. The summed E-state index contributed by atoms with van der Waals surface area (Å²) in [5.74, 6) is 2.20. The van der Waals surface area contributed by atoms with Crippen LogP contribution >= 0.6 is 0 Å². The van der Waals surface area contributed by atoms with E-state index in [9.17, 15) is 4.79 Å². The fourth-order valence-corrected chi connectivity index (χ4v) is 2.18. The molecule has 0 saturated carbocycles. The lowest BCUT2D eigenvalue weighted by molar-refractivity contribution is -0.121. The lowest BCUT2D eigenvalue weighted by atomic mass is 9.85. The maximum atomic E-state index is 11.6. The van der Waals surface area contributed by atoms with Gasteiger partial charge in [-0.25, -0.2) is 0 Å². The highest BCUT2D eigenvalue weighted by Gasteiger charge is 2.22. The standard InChI is InChI=1S/C14H19NO3/c1-9(2)11(7-14(16)15-3)10-4-5-12-13(6-10)18-8-17-12/h4-6,9,11H,7-8H2,1-3H3,(H,15,16). The summed E-state index contributed by atoms with van der Waals surface area (Å²) in [4.78, 5) is 11.6. The molecule has 0 saturated heterocycles. The number of benzene rings is 1. The molecule has 1 aliphatic rings. The van der Waals surface area contributed by atoms with Gasteiger partial charge in [-0.1, -0.05) is 19.9 Å². The third-order valence-corrected chi connectivity index (χ3v) is 3.31. The first-order valence-electron chi connectivity index (χ1n) is 6.22. The summed E-state index contributed by atoms with van der Waals surface area (Å²) < 4.78 is 10.7. The van der Waals surface area contributed by atoms with Crippen LogP contribution < -0.4 is 14.8 Å². The fourth-order valence-electron chi connectivity index (χ4n) is 2.18. The molecule has 4 nitrogen and oxygen atoms in total. The van der Waals surface area contributed by atoms with E-state index in [-0.39, 0.29) is 18.6 Å². The van der Waals surface area contributed by atoms with Gasteiger partial charge in [-0.05, 0) is 29.5 Å². The zero-order valence-electron chi connectivity index (χ0n) is 11.0. The largest absolute Gasteiger partial charge is 0.454 e. The summed E-state index contributed by atoms with van der Waals surface area (Å²) in [6, 6.07) is 5.91. The maximum Gasteiger partial charge on any atom is 0.231 e. The Hall–Kier alpha value is -1.71. The number of hydrogen-bond acceptors (Lipinski definition) is 3. The minimum Gasteiger partial charge on any atom is -0.454 e. The second kappa shape index (κ2) is 5.29. The van der Waals surface area contributed by atoms with Crippen LogP contribution in [0.1, 0.15) is 31.7 Å². The lowest BCUT2D eigenvalue weighted by Gasteiger charge is -2.20.